The van der Waals surface area contributed by atoms with Gasteiger partial charge < -0.3 is 15.7 Å². The summed E-state index contributed by atoms with van der Waals surface area (Å²) in [7, 11) is 0. The molecular formula is C12H13Cl2FN2O3. The number of carboxylic acid groups (broad SMARTS) is 1. The van der Waals surface area contributed by atoms with Crippen LogP contribution in [0.15, 0.2) is 12.1 Å². The summed E-state index contributed by atoms with van der Waals surface area (Å²) in [6, 6.07) is 1.17. The van der Waals surface area contributed by atoms with E-state index in [-0.39, 0.29) is 22.2 Å². The van der Waals surface area contributed by atoms with Gasteiger partial charge in [-0.15, -0.1) is 0 Å². The molecule has 0 aliphatic heterocycles. The van der Waals surface area contributed by atoms with Crippen molar-refractivity contribution < 1.29 is 19.1 Å². The molecule has 1 aromatic rings. The maximum absolute atomic E-state index is 13.0. The number of carbonyl (C=O) groups excluding carboxylic acids is 1. The van der Waals surface area contributed by atoms with Gasteiger partial charge in [0.2, 0.25) is 0 Å². The molecule has 5 nitrogen and oxygen atoms in total. The number of halogens is 3. The number of urea groups is 1. The zero-order valence-electron chi connectivity index (χ0n) is 10.8. The topological polar surface area (TPSA) is 78.4 Å². The lowest BCUT2D eigenvalue weighted by molar-refractivity contribution is -0.143. The van der Waals surface area contributed by atoms with Crippen LogP contribution in [0, 0.1) is 5.82 Å². The molecule has 2 amide bonds. The zero-order valence-corrected chi connectivity index (χ0v) is 12.3. The van der Waals surface area contributed by atoms with Crippen molar-refractivity contribution in [2.24, 2.45) is 0 Å². The fraction of sp³-hybridized carbons (Fsp3) is 0.333. The third kappa shape index (κ3) is 3.74. The molecule has 1 unspecified atom stereocenters. The number of anilines is 1. The number of carbonyl (C=O) groups is 2. The third-order valence-electron chi connectivity index (χ3n) is 2.81. The van der Waals surface area contributed by atoms with Gasteiger partial charge in [0.25, 0.3) is 0 Å². The second kappa shape index (κ2) is 6.28. The van der Waals surface area contributed by atoms with Crippen LogP contribution in [0.2, 0.25) is 10.0 Å². The molecule has 1 atom stereocenters. The highest BCUT2D eigenvalue weighted by Crippen LogP contribution is 2.31. The van der Waals surface area contributed by atoms with Gasteiger partial charge in [-0.1, -0.05) is 30.1 Å². The van der Waals surface area contributed by atoms with E-state index in [1.165, 1.54) is 6.92 Å². The van der Waals surface area contributed by atoms with Crippen LogP contribution in [-0.2, 0) is 4.79 Å². The Kier molecular flexibility index (Phi) is 5.19. The second-order valence-corrected chi connectivity index (χ2v) is 5.13. The lowest BCUT2D eigenvalue weighted by atomic mass is 10.00. The Morgan fingerprint density at radius 2 is 1.85 bits per heavy atom. The average Bonchev–Trinajstić information content (AvgIpc) is 2.33. The van der Waals surface area contributed by atoms with Gasteiger partial charge in [-0.3, -0.25) is 0 Å². The lowest BCUT2D eigenvalue weighted by Crippen LogP contribution is -2.53. The molecule has 0 saturated heterocycles. The molecule has 0 aromatic heterocycles. The number of rotatable bonds is 4. The fourth-order valence-electron chi connectivity index (χ4n) is 1.35. The van der Waals surface area contributed by atoms with Crippen molar-refractivity contribution in [3.8, 4) is 0 Å². The SMILES string of the molecule is CCC(C)(NC(=O)Nc1c(Cl)cc(F)cc1Cl)C(=O)O. The first kappa shape index (κ1) is 16.5. The molecule has 0 fully saturated rings. The Morgan fingerprint density at radius 1 is 1.35 bits per heavy atom. The van der Waals surface area contributed by atoms with Crippen LogP contribution in [0.5, 0.6) is 0 Å². The van der Waals surface area contributed by atoms with Gasteiger partial charge in [0.1, 0.15) is 11.4 Å². The van der Waals surface area contributed by atoms with Gasteiger partial charge in [0.15, 0.2) is 0 Å². The Labute approximate surface area is 125 Å². The van der Waals surface area contributed by atoms with Crippen molar-refractivity contribution in [1.29, 1.82) is 0 Å². The quantitative estimate of drug-likeness (QED) is 0.793. The van der Waals surface area contributed by atoms with E-state index >= 15 is 0 Å². The largest absolute Gasteiger partial charge is 0.480 e. The first-order valence-electron chi connectivity index (χ1n) is 5.66. The Morgan fingerprint density at radius 3 is 2.25 bits per heavy atom. The number of carboxylic acids is 1. The van der Waals surface area contributed by atoms with Gasteiger partial charge in [0.05, 0.1) is 15.7 Å². The summed E-state index contributed by atoms with van der Waals surface area (Å²) < 4.78 is 13.0. The monoisotopic (exact) mass is 322 g/mol. The van der Waals surface area contributed by atoms with E-state index in [0.717, 1.165) is 12.1 Å². The van der Waals surface area contributed by atoms with Gasteiger partial charge in [-0.05, 0) is 25.5 Å². The summed E-state index contributed by atoms with van der Waals surface area (Å²) in [6.07, 6.45) is 0.181. The van der Waals surface area contributed by atoms with Crippen molar-refractivity contribution in [2.45, 2.75) is 25.8 Å². The maximum Gasteiger partial charge on any atom is 0.329 e. The zero-order chi connectivity index (χ0) is 15.5. The first-order valence-corrected chi connectivity index (χ1v) is 6.42. The molecule has 1 aromatic carbocycles. The van der Waals surface area contributed by atoms with Crippen LogP contribution >= 0.6 is 23.2 Å². The highest BCUT2D eigenvalue weighted by molar-refractivity contribution is 6.39. The molecule has 0 heterocycles. The number of nitrogens with one attached hydrogen (secondary N) is 2. The Bertz CT molecular complexity index is 530. The minimum atomic E-state index is -1.43. The van der Waals surface area contributed by atoms with Crippen LogP contribution in [0.4, 0.5) is 14.9 Å². The summed E-state index contributed by atoms with van der Waals surface area (Å²) in [5.74, 6) is -1.82. The molecule has 0 aliphatic carbocycles. The minimum absolute atomic E-state index is 0.0103. The van der Waals surface area contributed by atoms with E-state index in [9.17, 15) is 14.0 Å². The third-order valence-corrected chi connectivity index (χ3v) is 3.41. The molecule has 110 valence electrons. The van der Waals surface area contributed by atoms with Gasteiger partial charge in [0, 0.05) is 0 Å². The molecule has 3 N–H and O–H groups in total. The predicted molar refractivity (Wildman–Crippen MR) is 74.9 cm³/mol. The summed E-state index contributed by atoms with van der Waals surface area (Å²) in [5.41, 5.74) is -1.42. The molecule has 0 saturated carbocycles. The minimum Gasteiger partial charge on any atom is -0.480 e. The van der Waals surface area contributed by atoms with E-state index < -0.39 is 23.4 Å². The lowest BCUT2D eigenvalue weighted by Gasteiger charge is -2.25. The van der Waals surface area contributed by atoms with E-state index in [2.05, 4.69) is 10.6 Å². The van der Waals surface area contributed by atoms with Crippen molar-refractivity contribution in [3.63, 3.8) is 0 Å². The molecule has 0 radical (unpaired) electrons. The summed E-state index contributed by atoms with van der Waals surface area (Å²) in [5, 5.41) is 13.5. The Hall–Kier alpha value is -1.53. The summed E-state index contributed by atoms with van der Waals surface area (Å²) >= 11 is 11.5. The normalized spacial score (nSPS) is 13.4. The molecule has 1 rings (SSSR count). The van der Waals surface area contributed by atoms with Crippen molar-refractivity contribution in [2.75, 3.05) is 5.32 Å². The van der Waals surface area contributed by atoms with Gasteiger partial charge >= 0.3 is 12.0 Å². The number of benzene rings is 1. The van der Waals surface area contributed by atoms with E-state index in [1.807, 2.05) is 0 Å². The maximum atomic E-state index is 13.0. The summed E-state index contributed by atoms with van der Waals surface area (Å²) in [6.45, 7) is 2.98. The molecule has 8 heteroatoms. The van der Waals surface area contributed by atoms with Crippen LogP contribution in [0.1, 0.15) is 20.3 Å². The van der Waals surface area contributed by atoms with Crippen LogP contribution in [0.25, 0.3) is 0 Å². The molecular weight excluding hydrogens is 310 g/mol. The number of amides is 2. The molecule has 0 aliphatic rings. The van der Waals surface area contributed by atoms with Crippen LogP contribution in [-0.4, -0.2) is 22.6 Å². The standard InChI is InChI=1S/C12H13Cl2FN2O3/c1-3-12(2,10(18)19)17-11(20)16-9-7(13)4-6(15)5-8(9)14/h4-5H,3H2,1-2H3,(H,18,19)(H2,16,17,20). The van der Waals surface area contributed by atoms with E-state index in [4.69, 9.17) is 28.3 Å². The fourth-order valence-corrected chi connectivity index (χ4v) is 1.90. The van der Waals surface area contributed by atoms with Crippen LogP contribution < -0.4 is 10.6 Å². The average molecular weight is 323 g/mol. The Balaban J connectivity index is 2.90. The van der Waals surface area contributed by atoms with E-state index in [0.29, 0.717) is 0 Å². The van der Waals surface area contributed by atoms with E-state index in [1.54, 1.807) is 6.92 Å². The van der Waals surface area contributed by atoms with Gasteiger partial charge in [-0.2, -0.15) is 0 Å². The van der Waals surface area contributed by atoms with Gasteiger partial charge in [-0.25, -0.2) is 14.0 Å². The molecule has 0 bridgehead atoms. The highest BCUT2D eigenvalue weighted by Gasteiger charge is 2.33. The van der Waals surface area contributed by atoms with Crippen molar-refractivity contribution >= 4 is 40.9 Å². The van der Waals surface area contributed by atoms with Crippen molar-refractivity contribution in [1.82, 2.24) is 5.32 Å². The smallest absolute Gasteiger partial charge is 0.329 e. The molecule has 0 spiro atoms. The number of hydrogen-bond donors (Lipinski definition) is 3. The predicted octanol–water partition coefficient (Wildman–Crippen LogP) is 3.51. The van der Waals surface area contributed by atoms with Crippen LogP contribution in [0.3, 0.4) is 0 Å². The number of hydrogen-bond acceptors (Lipinski definition) is 2. The highest BCUT2D eigenvalue weighted by atomic mass is 35.5. The molecule has 20 heavy (non-hydrogen) atoms. The first-order chi connectivity index (χ1) is 9.19. The number of aliphatic carboxylic acids is 1. The summed E-state index contributed by atoms with van der Waals surface area (Å²) in [4.78, 5) is 22.9. The van der Waals surface area contributed by atoms with Crippen molar-refractivity contribution in [3.05, 3.63) is 28.0 Å². The second-order valence-electron chi connectivity index (χ2n) is 4.31.